The van der Waals surface area contributed by atoms with E-state index in [0.717, 1.165) is 38.5 Å². The number of aryl methyl sites for hydroxylation is 1. The first kappa shape index (κ1) is 19.2. The zero-order chi connectivity index (χ0) is 19.1. The highest BCUT2D eigenvalue weighted by atomic mass is 16.5. The maximum absolute atomic E-state index is 12.4. The second-order valence-corrected chi connectivity index (χ2v) is 6.78. The zero-order valence-electron chi connectivity index (χ0n) is 16.2. The van der Waals surface area contributed by atoms with Gasteiger partial charge < -0.3 is 14.4 Å². The van der Waals surface area contributed by atoms with Crippen molar-refractivity contribution in [3.63, 3.8) is 0 Å². The Hall–Kier alpha value is -2.53. The Bertz CT molecular complexity index is 737. The minimum atomic E-state index is 0.0411. The molecule has 27 heavy (non-hydrogen) atoms. The summed E-state index contributed by atoms with van der Waals surface area (Å²) in [5.74, 6) is 1.53. The van der Waals surface area contributed by atoms with Crippen molar-refractivity contribution in [2.24, 2.45) is 0 Å². The third-order valence-corrected chi connectivity index (χ3v) is 4.88. The zero-order valence-corrected chi connectivity index (χ0v) is 16.2. The van der Waals surface area contributed by atoms with Crippen molar-refractivity contribution in [3.05, 3.63) is 59.7 Å². The number of benzene rings is 2. The second kappa shape index (κ2) is 9.42. The minimum Gasteiger partial charge on any atom is -0.494 e. The average Bonchev–Trinajstić information content (AvgIpc) is 2.70. The minimum absolute atomic E-state index is 0.0411. The van der Waals surface area contributed by atoms with E-state index >= 15 is 0 Å². The molecule has 1 amide bonds. The second-order valence-electron chi connectivity index (χ2n) is 6.78. The van der Waals surface area contributed by atoms with E-state index in [0.29, 0.717) is 12.4 Å². The molecule has 0 N–H and O–H groups in total. The summed E-state index contributed by atoms with van der Waals surface area (Å²) in [6, 6.07) is 15.9. The van der Waals surface area contributed by atoms with Crippen LogP contribution in [0.4, 0.5) is 0 Å². The van der Waals surface area contributed by atoms with Gasteiger partial charge in [0, 0.05) is 32.7 Å². The molecule has 144 valence electrons. The van der Waals surface area contributed by atoms with Crippen LogP contribution in [0, 0.1) is 6.92 Å². The van der Waals surface area contributed by atoms with Crippen molar-refractivity contribution in [2.45, 2.75) is 20.4 Å². The SMILES string of the molecule is CCOc1ccc(OCC(=O)N2CCN(Cc3ccccc3C)CC2)cc1. The fourth-order valence-electron chi connectivity index (χ4n) is 3.22. The van der Waals surface area contributed by atoms with E-state index < -0.39 is 0 Å². The predicted molar refractivity (Wildman–Crippen MR) is 106 cm³/mol. The number of amides is 1. The molecule has 1 heterocycles. The van der Waals surface area contributed by atoms with Crippen molar-refractivity contribution in [3.8, 4) is 11.5 Å². The molecule has 5 heteroatoms. The molecule has 1 aliphatic heterocycles. The lowest BCUT2D eigenvalue weighted by Gasteiger charge is -2.35. The first-order valence-corrected chi connectivity index (χ1v) is 9.56. The van der Waals surface area contributed by atoms with Crippen molar-refractivity contribution in [1.29, 1.82) is 0 Å². The van der Waals surface area contributed by atoms with Gasteiger partial charge in [0.15, 0.2) is 6.61 Å². The van der Waals surface area contributed by atoms with Gasteiger partial charge in [0.2, 0.25) is 0 Å². The quantitative estimate of drug-likeness (QED) is 0.753. The molecule has 5 nitrogen and oxygen atoms in total. The summed E-state index contributed by atoms with van der Waals surface area (Å²) < 4.78 is 11.0. The van der Waals surface area contributed by atoms with E-state index in [1.807, 2.05) is 36.1 Å². The number of carbonyl (C=O) groups excluding carboxylic acids is 1. The van der Waals surface area contributed by atoms with Gasteiger partial charge in [0.25, 0.3) is 5.91 Å². The lowest BCUT2D eigenvalue weighted by molar-refractivity contribution is -0.135. The molecule has 0 aliphatic carbocycles. The molecule has 0 unspecified atom stereocenters. The summed E-state index contributed by atoms with van der Waals surface area (Å²) in [5.41, 5.74) is 2.68. The van der Waals surface area contributed by atoms with Crippen molar-refractivity contribution >= 4 is 5.91 Å². The van der Waals surface area contributed by atoms with Crippen LogP contribution in [0.1, 0.15) is 18.1 Å². The van der Waals surface area contributed by atoms with Crippen LogP contribution in [0.5, 0.6) is 11.5 Å². The average molecular weight is 368 g/mol. The largest absolute Gasteiger partial charge is 0.494 e. The highest BCUT2D eigenvalue weighted by Gasteiger charge is 2.21. The van der Waals surface area contributed by atoms with Crippen molar-refractivity contribution in [2.75, 3.05) is 39.4 Å². The summed E-state index contributed by atoms with van der Waals surface area (Å²) in [6.07, 6.45) is 0. The molecule has 1 saturated heterocycles. The monoisotopic (exact) mass is 368 g/mol. The number of rotatable bonds is 7. The van der Waals surface area contributed by atoms with E-state index in [1.54, 1.807) is 0 Å². The Labute approximate surface area is 161 Å². The van der Waals surface area contributed by atoms with Crippen molar-refractivity contribution in [1.82, 2.24) is 9.80 Å². The van der Waals surface area contributed by atoms with Crippen LogP contribution in [-0.2, 0) is 11.3 Å². The highest BCUT2D eigenvalue weighted by molar-refractivity contribution is 5.77. The summed E-state index contributed by atoms with van der Waals surface area (Å²) in [5, 5.41) is 0. The topological polar surface area (TPSA) is 42.0 Å². The molecule has 0 spiro atoms. The summed E-state index contributed by atoms with van der Waals surface area (Å²) >= 11 is 0. The third kappa shape index (κ3) is 5.47. The smallest absolute Gasteiger partial charge is 0.260 e. The van der Waals surface area contributed by atoms with Crippen LogP contribution < -0.4 is 9.47 Å². The molecule has 0 radical (unpaired) electrons. The standard InChI is InChI=1S/C22H28N2O3/c1-3-26-20-8-10-21(11-9-20)27-17-22(25)24-14-12-23(13-15-24)16-19-7-5-4-6-18(19)2/h4-11H,3,12-17H2,1-2H3. The Morgan fingerprint density at radius 1 is 0.926 bits per heavy atom. The van der Waals surface area contributed by atoms with E-state index in [4.69, 9.17) is 9.47 Å². The number of nitrogens with zero attached hydrogens (tertiary/aromatic N) is 2. The van der Waals surface area contributed by atoms with Gasteiger partial charge in [-0.1, -0.05) is 24.3 Å². The first-order valence-electron chi connectivity index (χ1n) is 9.56. The van der Waals surface area contributed by atoms with E-state index in [2.05, 4.69) is 36.1 Å². The molecule has 3 rings (SSSR count). The molecular formula is C22H28N2O3. The summed E-state index contributed by atoms with van der Waals surface area (Å²) in [4.78, 5) is 16.7. The fourth-order valence-corrected chi connectivity index (χ4v) is 3.22. The van der Waals surface area contributed by atoms with Crippen molar-refractivity contribution < 1.29 is 14.3 Å². The number of piperazine rings is 1. The molecule has 0 bridgehead atoms. The van der Waals surface area contributed by atoms with Gasteiger partial charge in [-0.2, -0.15) is 0 Å². The van der Waals surface area contributed by atoms with Crippen LogP contribution >= 0.6 is 0 Å². The van der Waals surface area contributed by atoms with E-state index in [1.165, 1.54) is 11.1 Å². The molecule has 0 saturated carbocycles. The third-order valence-electron chi connectivity index (χ3n) is 4.88. The lowest BCUT2D eigenvalue weighted by atomic mass is 10.1. The van der Waals surface area contributed by atoms with Gasteiger partial charge in [-0.15, -0.1) is 0 Å². The van der Waals surface area contributed by atoms with E-state index in [-0.39, 0.29) is 12.5 Å². The number of carbonyl (C=O) groups is 1. The molecule has 1 aliphatic rings. The number of hydrogen-bond donors (Lipinski definition) is 0. The molecule has 0 aromatic heterocycles. The highest BCUT2D eigenvalue weighted by Crippen LogP contribution is 2.18. The summed E-state index contributed by atoms with van der Waals surface area (Å²) in [6.45, 7) is 9.02. The predicted octanol–water partition coefficient (Wildman–Crippen LogP) is 3.12. The molecule has 0 atom stereocenters. The maximum atomic E-state index is 12.4. The van der Waals surface area contributed by atoms with Crippen LogP contribution in [0.2, 0.25) is 0 Å². The van der Waals surface area contributed by atoms with Crippen LogP contribution in [-0.4, -0.2) is 55.1 Å². The van der Waals surface area contributed by atoms with Gasteiger partial charge in [-0.3, -0.25) is 9.69 Å². The fraction of sp³-hybridized carbons (Fsp3) is 0.409. The van der Waals surface area contributed by atoms with Gasteiger partial charge in [-0.05, 0) is 49.2 Å². The van der Waals surface area contributed by atoms with Crippen LogP contribution in [0.3, 0.4) is 0 Å². The molecule has 2 aromatic rings. The molecule has 1 fully saturated rings. The maximum Gasteiger partial charge on any atom is 0.260 e. The van der Waals surface area contributed by atoms with Crippen LogP contribution in [0.25, 0.3) is 0 Å². The molecule has 2 aromatic carbocycles. The van der Waals surface area contributed by atoms with E-state index in [9.17, 15) is 4.79 Å². The van der Waals surface area contributed by atoms with Crippen LogP contribution in [0.15, 0.2) is 48.5 Å². The Balaban J connectivity index is 1.42. The Morgan fingerprint density at radius 3 is 2.19 bits per heavy atom. The van der Waals surface area contributed by atoms with Gasteiger partial charge in [-0.25, -0.2) is 0 Å². The molecular weight excluding hydrogens is 340 g/mol. The normalized spacial score (nSPS) is 14.8. The summed E-state index contributed by atoms with van der Waals surface area (Å²) in [7, 11) is 0. The van der Waals surface area contributed by atoms with Gasteiger partial charge >= 0.3 is 0 Å². The first-order chi connectivity index (χ1) is 13.2. The van der Waals surface area contributed by atoms with Gasteiger partial charge in [0.05, 0.1) is 6.61 Å². The van der Waals surface area contributed by atoms with Gasteiger partial charge in [0.1, 0.15) is 11.5 Å². The Morgan fingerprint density at radius 2 is 1.56 bits per heavy atom. The Kier molecular flexibility index (Phi) is 6.71. The number of hydrogen-bond acceptors (Lipinski definition) is 4. The number of ether oxygens (including phenoxy) is 2. The lowest BCUT2D eigenvalue weighted by Crippen LogP contribution is -2.49.